The molecule has 190 valence electrons. The molecule has 0 aliphatic carbocycles. The molecule has 6 nitrogen and oxygen atoms in total. The summed E-state index contributed by atoms with van der Waals surface area (Å²) in [6, 6.07) is 11.5. The van der Waals surface area contributed by atoms with Crippen LogP contribution in [0.15, 0.2) is 53.4 Å². The summed E-state index contributed by atoms with van der Waals surface area (Å²) < 4.78 is 68.8. The lowest BCUT2D eigenvalue weighted by Gasteiger charge is -2.41. The maximum absolute atomic E-state index is 13.7. The number of rotatable bonds is 4. The van der Waals surface area contributed by atoms with Crippen LogP contribution in [-0.4, -0.2) is 57.1 Å². The molecule has 0 saturated carbocycles. The van der Waals surface area contributed by atoms with Crippen LogP contribution < -0.4 is 4.90 Å². The van der Waals surface area contributed by atoms with E-state index in [1.165, 1.54) is 16.8 Å². The molecule has 2 aromatic carbocycles. The summed E-state index contributed by atoms with van der Waals surface area (Å²) in [6.07, 6.45) is -0.574. The van der Waals surface area contributed by atoms with E-state index in [9.17, 15) is 21.6 Å². The normalized spacial score (nSPS) is 26.6. The largest absolute Gasteiger partial charge is 0.416 e. The first-order chi connectivity index (χ1) is 16.6. The smallest absolute Gasteiger partial charge is 0.372 e. The number of hydrogen-bond acceptors (Lipinski definition) is 5. The molecule has 3 saturated heterocycles. The maximum atomic E-state index is 13.7. The van der Waals surface area contributed by atoms with E-state index < -0.39 is 27.8 Å². The Morgan fingerprint density at radius 2 is 1.71 bits per heavy atom. The lowest BCUT2D eigenvalue weighted by atomic mass is 9.87. The molecule has 0 unspecified atom stereocenters. The average molecular weight is 510 g/mol. The van der Waals surface area contributed by atoms with Gasteiger partial charge in [0.1, 0.15) is 0 Å². The van der Waals surface area contributed by atoms with E-state index in [0.29, 0.717) is 13.0 Å². The van der Waals surface area contributed by atoms with Gasteiger partial charge in [-0.3, -0.25) is 4.84 Å². The van der Waals surface area contributed by atoms with Crippen molar-refractivity contribution in [1.29, 1.82) is 0 Å². The Bertz CT molecular complexity index is 1150. The number of alkyl halides is 3. The van der Waals surface area contributed by atoms with Gasteiger partial charge in [0.25, 0.3) is 0 Å². The minimum atomic E-state index is -4.62. The van der Waals surface area contributed by atoms with E-state index in [1.807, 2.05) is 31.3 Å². The molecular formula is C25H30F3N3O3S. The van der Waals surface area contributed by atoms with Crippen LogP contribution in [0.1, 0.15) is 42.9 Å². The molecule has 2 aromatic rings. The molecule has 3 atom stereocenters. The van der Waals surface area contributed by atoms with Crippen LogP contribution in [0.2, 0.25) is 0 Å². The summed E-state index contributed by atoms with van der Waals surface area (Å²) >= 11 is 0. The second kappa shape index (κ2) is 9.38. The van der Waals surface area contributed by atoms with Crippen LogP contribution in [-0.2, 0) is 21.0 Å². The van der Waals surface area contributed by atoms with Crippen LogP contribution in [0.25, 0.3) is 0 Å². The predicted octanol–water partition coefficient (Wildman–Crippen LogP) is 4.69. The van der Waals surface area contributed by atoms with Gasteiger partial charge in [-0.15, -0.1) is 0 Å². The van der Waals surface area contributed by atoms with Gasteiger partial charge in [-0.1, -0.05) is 18.2 Å². The van der Waals surface area contributed by atoms with Crippen molar-refractivity contribution in [2.45, 2.75) is 48.8 Å². The summed E-state index contributed by atoms with van der Waals surface area (Å²) in [4.78, 5) is 7.66. The van der Waals surface area contributed by atoms with Gasteiger partial charge in [0, 0.05) is 44.3 Å². The van der Waals surface area contributed by atoms with Crippen molar-refractivity contribution >= 4 is 15.7 Å². The fraction of sp³-hybridized carbons (Fsp3) is 0.520. The van der Waals surface area contributed by atoms with E-state index in [2.05, 4.69) is 4.90 Å². The molecule has 10 heteroatoms. The number of anilines is 1. The van der Waals surface area contributed by atoms with Crippen molar-refractivity contribution in [1.82, 2.24) is 9.37 Å². The van der Waals surface area contributed by atoms with E-state index >= 15 is 0 Å². The fourth-order valence-corrected chi connectivity index (χ4v) is 7.26. The second-order valence-corrected chi connectivity index (χ2v) is 11.6. The molecule has 3 aliphatic rings. The number of fused-ring (bicyclic) bond motifs is 1. The van der Waals surface area contributed by atoms with Gasteiger partial charge in [-0.05, 0) is 61.6 Å². The topological polar surface area (TPSA) is 53.1 Å². The molecule has 0 spiro atoms. The van der Waals surface area contributed by atoms with Crippen molar-refractivity contribution in [2.24, 2.45) is 5.92 Å². The Hall–Kier alpha value is -2.14. The van der Waals surface area contributed by atoms with Crippen LogP contribution in [0.3, 0.4) is 0 Å². The average Bonchev–Trinajstić information content (AvgIpc) is 3.23. The predicted molar refractivity (Wildman–Crippen MR) is 126 cm³/mol. The monoisotopic (exact) mass is 509 g/mol. The van der Waals surface area contributed by atoms with Crippen LogP contribution in [0, 0.1) is 5.92 Å². The first-order valence-electron chi connectivity index (χ1n) is 12.0. The maximum Gasteiger partial charge on any atom is 0.416 e. The molecule has 3 fully saturated rings. The molecule has 35 heavy (non-hydrogen) atoms. The summed E-state index contributed by atoms with van der Waals surface area (Å²) in [7, 11) is -2.33. The number of nitrogens with zero attached hydrogens (tertiary/aromatic N) is 3. The number of halogens is 3. The van der Waals surface area contributed by atoms with Gasteiger partial charge in [-0.25, -0.2) is 8.42 Å². The highest BCUT2D eigenvalue weighted by Crippen LogP contribution is 2.42. The fourth-order valence-electron chi connectivity index (χ4n) is 5.53. The zero-order valence-corrected chi connectivity index (χ0v) is 20.4. The Kier molecular flexibility index (Phi) is 6.58. The molecular weight excluding hydrogens is 479 g/mol. The number of hydrogen-bond donors (Lipinski definition) is 0. The minimum Gasteiger partial charge on any atom is -0.372 e. The summed E-state index contributed by atoms with van der Waals surface area (Å²) in [5.74, 6) is -0.0514. The van der Waals surface area contributed by atoms with Gasteiger partial charge in [-0.2, -0.15) is 22.5 Å². The van der Waals surface area contributed by atoms with Gasteiger partial charge >= 0.3 is 6.18 Å². The van der Waals surface area contributed by atoms with Crippen molar-refractivity contribution < 1.29 is 26.4 Å². The van der Waals surface area contributed by atoms with Gasteiger partial charge in [0.05, 0.1) is 23.1 Å². The summed E-state index contributed by atoms with van der Waals surface area (Å²) in [6.45, 7) is 2.58. The zero-order valence-electron chi connectivity index (χ0n) is 19.6. The van der Waals surface area contributed by atoms with Crippen LogP contribution >= 0.6 is 0 Å². The number of sulfonamides is 1. The highest BCUT2D eigenvalue weighted by molar-refractivity contribution is 7.89. The SMILES string of the molecule is CN1OC[C@@H]2CN(S(=O)(=O)c3cccc(C(F)(F)F)c3)[C@H](c3ccc(N4CCCCC4)cc3)C[C@@H]21. The first kappa shape index (κ1) is 24.5. The molecule has 5 rings (SSSR count). The molecule has 0 bridgehead atoms. The third-order valence-electron chi connectivity index (χ3n) is 7.50. The zero-order chi connectivity index (χ0) is 24.8. The van der Waals surface area contributed by atoms with Crippen LogP contribution in [0.5, 0.6) is 0 Å². The lowest BCUT2D eigenvalue weighted by Crippen LogP contribution is -2.49. The Morgan fingerprint density at radius 3 is 2.40 bits per heavy atom. The molecule has 3 aliphatic heterocycles. The van der Waals surface area contributed by atoms with Crippen molar-refractivity contribution in [3.05, 3.63) is 59.7 Å². The minimum absolute atomic E-state index is 0.0368. The van der Waals surface area contributed by atoms with Crippen LogP contribution in [0.4, 0.5) is 18.9 Å². The summed E-state index contributed by atoms with van der Waals surface area (Å²) in [5.41, 5.74) is 0.968. The lowest BCUT2D eigenvalue weighted by molar-refractivity contribution is -0.137. The van der Waals surface area contributed by atoms with E-state index in [4.69, 9.17) is 4.84 Å². The highest BCUT2D eigenvalue weighted by atomic mass is 32.2. The van der Waals surface area contributed by atoms with Crippen molar-refractivity contribution in [3.8, 4) is 0 Å². The number of benzene rings is 2. The Balaban J connectivity index is 1.49. The first-order valence-corrected chi connectivity index (χ1v) is 13.5. The van der Waals surface area contributed by atoms with Gasteiger partial charge in [0.2, 0.25) is 10.0 Å². The second-order valence-electron chi connectivity index (χ2n) is 9.66. The Morgan fingerprint density at radius 1 is 1.00 bits per heavy atom. The van der Waals surface area contributed by atoms with Gasteiger partial charge < -0.3 is 4.90 Å². The third-order valence-corrected chi connectivity index (χ3v) is 9.37. The third kappa shape index (κ3) is 4.81. The molecule has 0 amide bonds. The van der Waals surface area contributed by atoms with E-state index in [0.717, 1.165) is 55.4 Å². The number of hydroxylamine groups is 2. The number of piperidine rings is 2. The molecule has 0 radical (unpaired) electrons. The summed E-state index contributed by atoms with van der Waals surface area (Å²) in [5, 5.41) is 1.79. The quantitative estimate of drug-likeness (QED) is 0.599. The van der Waals surface area contributed by atoms with Crippen molar-refractivity contribution in [2.75, 3.05) is 38.2 Å². The molecule has 3 heterocycles. The van der Waals surface area contributed by atoms with Crippen molar-refractivity contribution in [3.63, 3.8) is 0 Å². The van der Waals surface area contributed by atoms with E-state index in [1.54, 1.807) is 5.06 Å². The molecule has 0 N–H and O–H groups in total. The molecule has 0 aromatic heterocycles. The van der Waals surface area contributed by atoms with Gasteiger partial charge in [0.15, 0.2) is 0 Å². The standard InChI is InChI=1S/C25H30F3N3O3S/c1-29-23-15-24(18-8-10-21(11-9-18)30-12-3-2-4-13-30)31(16-19(23)17-34-29)35(32,33)22-7-5-6-20(14-22)25(26,27)28/h5-11,14,19,23-24H,2-4,12-13,15-17H2,1H3/t19-,23-,24-/m0/s1. The van der Waals surface area contributed by atoms with E-state index in [-0.39, 0.29) is 23.4 Å². The Labute approximate surface area is 204 Å². The highest BCUT2D eigenvalue weighted by Gasteiger charge is 2.47.